The summed E-state index contributed by atoms with van der Waals surface area (Å²) in [6, 6.07) is 9.94. The Morgan fingerprint density at radius 3 is 2.81 bits per heavy atom. The van der Waals surface area contributed by atoms with E-state index in [1.165, 1.54) is 0 Å². The molecule has 0 amide bonds. The van der Waals surface area contributed by atoms with E-state index in [4.69, 9.17) is 5.73 Å². The summed E-state index contributed by atoms with van der Waals surface area (Å²) in [6.07, 6.45) is 5.28. The molecule has 0 aliphatic carbocycles. The summed E-state index contributed by atoms with van der Waals surface area (Å²) in [5.41, 5.74) is 7.61. The van der Waals surface area contributed by atoms with E-state index in [9.17, 15) is 0 Å². The van der Waals surface area contributed by atoms with E-state index < -0.39 is 0 Å². The number of hydrogen-bond donors (Lipinski definition) is 1. The van der Waals surface area contributed by atoms with Crippen molar-refractivity contribution < 1.29 is 0 Å². The third kappa shape index (κ3) is 1.32. The molecule has 0 saturated heterocycles. The Kier molecular flexibility index (Phi) is 1.86. The smallest absolute Gasteiger partial charge is 0.141 e. The maximum absolute atomic E-state index is 5.61. The standard InChI is InChI=1S/C12H10N4/c13-12-7-16(8-15-12)11-5-1-4-10-9(11)3-2-6-14-10/h1-8H,13H2. The van der Waals surface area contributed by atoms with Crippen molar-refractivity contribution in [2.45, 2.75) is 0 Å². The Bertz CT molecular complexity index is 637. The van der Waals surface area contributed by atoms with Crippen molar-refractivity contribution in [1.82, 2.24) is 14.5 Å². The summed E-state index contributed by atoms with van der Waals surface area (Å²) in [6.45, 7) is 0. The number of fused-ring (bicyclic) bond motifs is 1. The van der Waals surface area contributed by atoms with Gasteiger partial charge in [0.05, 0.1) is 17.4 Å². The lowest BCUT2D eigenvalue weighted by Crippen LogP contribution is -1.92. The van der Waals surface area contributed by atoms with Crippen LogP contribution >= 0.6 is 0 Å². The summed E-state index contributed by atoms with van der Waals surface area (Å²) >= 11 is 0. The molecule has 4 nitrogen and oxygen atoms in total. The van der Waals surface area contributed by atoms with Crippen LogP contribution in [0.3, 0.4) is 0 Å². The van der Waals surface area contributed by atoms with Crippen LogP contribution in [-0.4, -0.2) is 14.5 Å². The van der Waals surface area contributed by atoms with E-state index in [0.29, 0.717) is 5.82 Å². The van der Waals surface area contributed by atoms with E-state index in [1.54, 1.807) is 18.7 Å². The van der Waals surface area contributed by atoms with Gasteiger partial charge in [0.15, 0.2) is 0 Å². The first kappa shape index (κ1) is 8.91. The van der Waals surface area contributed by atoms with Crippen LogP contribution in [0.4, 0.5) is 5.82 Å². The number of rotatable bonds is 1. The highest BCUT2D eigenvalue weighted by Gasteiger charge is 2.03. The van der Waals surface area contributed by atoms with Gasteiger partial charge in [0.25, 0.3) is 0 Å². The van der Waals surface area contributed by atoms with E-state index in [-0.39, 0.29) is 0 Å². The second-order valence-electron chi connectivity index (χ2n) is 3.55. The number of aromatic nitrogens is 3. The number of benzene rings is 1. The maximum atomic E-state index is 5.61. The molecule has 2 N–H and O–H groups in total. The van der Waals surface area contributed by atoms with Crippen molar-refractivity contribution in [3.05, 3.63) is 49.1 Å². The Morgan fingerprint density at radius 2 is 2.00 bits per heavy atom. The molecule has 3 rings (SSSR count). The van der Waals surface area contributed by atoms with Crippen molar-refractivity contribution in [2.75, 3.05) is 5.73 Å². The van der Waals surface area contributed by atoms with Crippen LogP contribution in [0.2, 0.25) is 0 Å². The second-order valence-corrected chi connectivity index (χ2v) is 3.55. The molecular weight excluding hydrogens is 200 g/mol. The van der Waals surface area contributed by atoms with Gasteiger partial charge in [0, 0.05) is 11.6 Å². The molecule has 0 aliphatic heterocycles. The van der Waals surface area contributed by atoms with Gasteiger partial charge in [0.2, 0.25) is 0 Å². The van der Waals surface area contributed by atoms with Crippen LogP contribution in [-0.2, 0) is 0 Å². The van der Waals surface area contributed by atoms with Crippen LogP contribution in [0.25, 0.3) is 16.6 Å². The molecule has 1 aromatic carbocycles. The first-order valence-electron chi connectivity index (χ1n) is 4.98. The minimum Gasteiger partial charge on any atom is -0.382 e. The number of anilines is 1. The SMILES string of the molecule is Nc1cn(-c2cccc3ncccc23)cn1. The predicted molar refractivity (Wildman–Crippen MR) is 63.3 cm³/mol. The highest BCUT2D eigenvalue weighted by molar-refractivity contribution is 5.87. The normalized spacial score (nSPS) is 10.8. The molecule has 4 heteroatoms. The van der Waals surface area contributed by atoms with Gasteiger partial charge in [-0.3, -0.25) is 4.98 Å². The predicted octanol–water partition coefficient (Wildman–Crippen LogP) is 2.00. The molecule has 0 atom stereocenters. The van der Waals surface area contributed by atoms with Gasteiger partial charge in [0.1, 0.15) is 12.1 Å². The Hall–Kier alpha value is -2.36. The van der Waals surface area contributed by atoms with Crippen molar-refractivity contribution in [1.29, 1.82) is 0 Å². The van der Waals surface area contributed by atoms with E-state index >= 15 is 0 Å². The maximum Gasteiger partial charge on any atom is 0.141 e. The lowest BCUT2D eigenvalue weighted by molar-refractivity contribution is 1.07. The average molecular weight is 210 g/mol. The Balaban J connectivity index is 2.31. The lowest BCUT2D eigenvalue weighted by atomic mass is 10.2. The zero-order valence-electron chi connectivity index (χ0n) is 8.54. The third-order valence-corrected chi connectivity index (χ3v) is 2.50. The highest BCUT2D eigenvalue weighted by Crippen LogP contribution is 2.20. The average Bonchev–Trinajstić information content (AvgIpc) is 2.75. The molecule has 2 heterocycles. The van der Waals surface area contributed by atoms with E-state index in [1.807, 2.05) is 34.9 Å². The quantitative estimate of drug-likeness (QED) is 0.668. The molecule has 0 spiro atoms. The molecule has 0 fully saturated rings. The number of hydrogen-bond acceptors (Lipinski definition) is 3. The summed E-state index contributed by atoms with van der Waals surface area (Å²) in [5, 5.41) is 1.09. The molecule has 0 unspecified atom stereocenters. The number of nitrogens with zero attached hydrogens (tertiary/aromatic N) is 3. The molecule has 2 aromatic heterocycles. The minimum absolute atomic E-state index is 0.515. The van der Waals surface area contributed by atoms with Crippen molar-refractivity contribution in [2.24, 2.45) is 0 Å². The summed E-state index contributed by atoms with van der Waals surface area (Å²) in [7, 11) is 0. The molecule has 16 heavy (non-hydrogen) atoms. The Morgan fingerprint density at radius 1 is 1.06 bits per heavy atom. The van der Waals surface area contributed by atoms with Gasteiger partial charge in [-0.25, -0.2) is 4.98 Å². The van der Waals surface area contributed by atoms with Crippen LogP contribution in [0.1, 0.15) is 0 Å². The largest absolute Gasteiger partial charge is 0.382 e. The third-order valence-electron chi connectivity index (χ3n) is 2.50. The second kappa shape index (κ2) is 3.34. The van der Waals surface area contributed by atoms with E-state index in [2.05, 4.69) is 9.97 Å². The van der Waals surface area contributed by atoms with Crippen LogP contribution < -0.4 is 5.73 Å². The lowest BCUT2D eigenvalue weighted by Gasteiger charge is -2.05. The first-order chi connectivity index (χ1) is 7.84. The van der Waals surface area contributed by atoms with E-state index in [0.717, 1.165) is 16.6 Å². The fourth-order valence-electron chi connectivity index (χ4n) is 1.78. The van der Waals surface area contributed by atoms with Gasteiger partial charge < -0.3 is 10.3 Å². The summed E-state index contributed by atoms with van der Waals surface area (Å²) in [4.78, 5) is 8.33. The zero-order chi connectivity index (χ0) is 11.0. The molecule has 3 aromatic rings. The molecule has 78 valence electrons. The first-order valence-corrected chi connectivity index (χ1v) is 4.98. The highest BCUT2D eigenvalue weighted by atomic mass is 15.1. The zero-order valence-corrected chi connectivity index (χ0v) is 8.54. The molecule has 0 bridgehead atoms. The van der Waals surface area contributed by atoms with Crippen LogP contribution in [0.5, 0.6) is 0 Å². The van der Waals surface area contributed by atoms with Gasteiger partial charge in [-0.15, -0.1) is 0 Å². The number of nitrogen functional groups attached to an aromatic ring is 1. The van der Waals surface area contributed by atoms with Gasteiger partial charge in [-0.05, 0) is 24.3 Å². The van der Waals surface area contributed by atoms with Gasteiger partial charge in [-0.1, -0.05) is 6.07 Å². The monoisotopic (exact) mass is 210 g/mol. The molecule has 0 saturated carbocycles. The fraction of sp³-hybridized carbons (Fsp3) is 0. The Labute approximate surface area is 92.4 Å². The number of imidazole rings is 1. The summed E-state index contributed by atoms with van der Waals surface area (Å²) < 4.78 is 1.90. The molecule has 0 aliphatic rings. The van der Waals surface area contributed by atoms with Gasteiger partial charge in [-0.2, -0.15) is 0 Å². The van der Waals surface area contributed by atoms with Crippen LogP contribution in [0.15, 0.2) is 49.1 Å². The number of pyridine rings is 1. The van der Waals surface area contributed by atoms with Crippen LogP contribution in [0, 0.1) is 0 Å². The fourth-order valence-corrected chi connectivity index (χ4v) is 1.78. The van der Waals surface area contributed by atoms with Crippen molar-refractivity contribution in [3.63, 3.8) is 0 Å². The van der Waals surface area contributed by atoms with Gasteiger partial charge >= 0.3 is 0 Å². The van der Waals surface area contributed by atoms with Crippen molar-refractivity contribution in [3.8, 4) is 5.69 Å². The molecular formula is C12H10N4. The molecule has 0 radical (unpaired) electrons. The minimum atomic E-state index is 0.515. The topological polar surface area (TPSA) is 56.7 Å². The number of nitrogens with two attached hydrogens (primary N) is 1. The summed E-state index contributed by atoms with van der Waals surface area (Å²) in [5.74, 6) is 0.515. The van der Waals surface area contributed by atoms with Crippen molar-refractivity contribution >= 4 is 16.7 Å².